The molecular weight excluding hydrogens is 829 g/mol. The second kappa shape index (κ2) is 19.5. The van der Waals surface area contributed by atoms with Crippen LogP contribution >= 0.6 is 34.8 Å². The molecule has 0 saturated carbocycles. The molecule has 2 saturated heterocycles. The van der Waals surface area contributed by atoms with Crippen LogP contribution in [-0.2, 0) is 16.1 Å². The first-order valence-corrected chi connectivity index (χ1v) is 19.9. The molecule has 14 nitrogen and oxygen atoms in total. The molecule has 6 aromatic rings. The van der Waals surface area contributed by atoms with Gasteiger partial charge in [-0.05, 0) is 38.1 Å². The number of ether oxygens (including phenoxy) is 2. The van der Waals surface area contributed by atoms with E-state index in [0.29, 0.717) is 62.1 Å². The number of aromatic nitrogens is 6. The third kappa shape index (κ3) is 10.1. The number of methoxy groups -OCH3 is 2. The minimum absolute atomic E-state index is 0.0276. The van der Waals surface area contributed by atoms with Gasteiger partial charge >= 0.3 is 0 Å². The molecule has 2 aliphatic heterocycles. The van der Waals surface area contributed by atoms with Crippen molar-refractivity contribution in [3.63, 3.8) is 0 Å². The highest BCUT2D eigenvalue weighted by Crippen LogP contribution is 2.34. The number of aromatic amines is 1. The molecular formula is C40H43Cl3F2N10O4. The van der Waals surface area contributed by atoms with E-state index in [9.17, 15) is 18.4 Å². The van der Waals surface area contributed by atoms with Crippen LogP contribution in [0.4, 0.5) is 20.2 Å². The number of alkyl halides is 1. The van der Waals surface area contributed by atoms with Crippen molar-refractivity contribution in [2.75, 3.05) is 69.2 Å². The fourth-order valence-electron chi connectivity index (χ4n) is 7.05. The molecule has 312 valence electrons. The lowest BCUT2D eigenvalue weighted by atomic mass is 10.1. The summed E-state index contributed by atoms with van der Waals surface area (Å²) in [5, 5.41) is 13.5. The predicted octanol–water partition coefficient (Wildman–Crippen LogP) is 6.69. The zero-order valence-electron chi connectivity index (χ0n) is 32.8. The van der Waals surface area contributed by atoms with Crippen molar-refractivity contribution in [2.24, 2.45) is 0 Å². The Morgan fingerprint density at radius 2 is 1.31 bits per heavy atom. The lowest BCUT2D eigenvalue weighted by Gasteiger charge is -2.41. The highest BCUT2D eigenvalue weighted by atomic mass is 35.5. The SMILES string of the molecule is COc1cc(N2CCN(C(=O)CCl)[C@@H](C)C2)c(F)cc1Cl.COc1cc(N2CCN(C(=O)Cn3ncc4ccncc43)[C@@H](C)C2)c(F)cc1Cl.c1cc2cn[nH]c2cn1. The van der Waals surface area contributed by atoms with E-state index in [-0.39, 0.29) is 46.4 Å². The maximum Gasteiger partial charge on any atom is 0.244 e. The Hall–Kier alpha value is -5.45. The first kappa shape index (κ1) is 43.1. The number of halogens is 5. The minimum atomic E-state index is -0.404. The fraction of sp³-hybridized carbons (Fsp3) is 0.350. The summed E-state index contributed by atoms with van der Waals surface area (Å²) in [5.74, 6) is -0.108. The largest absolute Gasteiger partial charge is 0.495 e. The van der Waals surface area contributed by atoms with Crippen LogP contribution in [0, 0.1) is 11.6 Å². The number of anilines is 2. The van der Waals surface area contributed by atoms with Gasteiger partial charge in [-0.15, -0.1) is 11.6 Å². The van der Waals surface area contributed by atoms with Gasteiger partial charge in [0.25, 0.3) is 0 Å². The average molecular weight is 872 g/mol. The van der Waals surface area contributed by atoms with Crippen molar-refractivity contribution in [3.05, 3.63) is 95.3 Å². The maximum absolute atomic E-state index is 14.5. The van der Waals surface area contributed by atoms with E-state index < -0.39 is 11.6 Å². The first-order chi connectivity index (χ1) is 28.4. The molecule has 1 N–H and O–H groups in total. The number of piperazine rings is 2. The maximum atomic E-state index is 14.5. The van der Waals surface area contributed by atoms with Crippen LogP contribution in [0.25, 0.3) is 21.8 Å². The summed E-state index contributed by atoms with van der Waals surface area (Å²) in [6, 6.07) is 9.35. The summed E-state index contributed by atoms with van der Waals surface area (Å²) >= 11 is 17.5. The summed E-state index contributed by atoms with van der Waals surface area (Å²) in [5.41, 5.74) is 2.66. The van der Waals surface area contributed by atoms with E-state index in [2.05, 4.69) is 25.3 Å². The molecule has 2 aliphatic rings. The first-order valence-electron chi connectivity index (χ1n) is 18.6. The van der Waals surface area contributed by atoms with Crippen molar-refractivity contribution in [1.29, 1.82) is 0 Å². The van der Waals surface area contributed by atoms with E-state index in [1.54, 1.807) is 58.9 Å². The average Bonchev–Trinajstić information content (AvgIpc) is 3.88. The van der Waals surface area contributed by atoms with Crippen LogP contribution in [0.2, 0.25) is 10.0 Å². The summed E-state index contributed by atoms with van der Waals surface area (Å²) in [4.78, 5) is 39.9. The van der Waals surface area contributed by atoms with Gasteiger partial charge in [-0.2, -0.15) is 10.2 Å². The number of H-pyrrole nitrogens is 1. The molecule has 0 aliphatic carbocycles. The van der Waals surface area contributed by atoms with Crippen molar-refractivity contribution in [3.8, 4) is 11.5 Å². The van der Waals surface area contributed by atoms with Gasteiger partial charge in [0, 0.05) is 86.7 Å². The number of hydrogen-bond donors (Lipinski definition) is 1. The fourth-order valence-corrected chi connectivity index (χ4v) is 7.66. The van der Waals surface area contributed by atoms with Gasteiger partial charge in [0.05, 0.1) is 71.5 Å². The van der Waals surface area contributed by atoms with Crippen LogP contribution in [-0.4, -0.2) is 123 Å². The highest BCUT2D eigenvalue weighted by molar-refractivity contribution is 6.32. The zero-order valence-corrected chi connectivity index (χ0v) is 35.1. The number of nitrogens with zero attached hydrogens (tertiary/aromatic N) is 9. The molecule has 4 aromatic heterocycles. The quantitative estimate of drug-likeness (QED) is 0.173. The molecule has 2 fully saturated rings. The molecule has 59 heavy (non-hydrogen) atoms. The Morgan fingerprint density at radius 1 is 0.763 bits per heavy atom. The van der Waals surface area contributed by atoms with Gasteiger partial charge in [-0.25, -0.2) is 8.78 Å². The van der Waals surface area contributed by atoms with E-state index in [1.165, 1.54) is 26.4 Å². The third-order valence-electron chi connectivity index (χ3n) is 10.1. The number of amides is 2. The van der Waals surface area contributed by atoms with Crippen LogP contribution in [0.1, 0.15) is 13.8 Å². The zero-order chi connectivity index (χ0) is 42.2. The number of nitrogens with one attached hydrogen (secondary N) is 1. The van der Waals surface area contributed by atoms with E-state index in [4.69, 9.17) is 44.3 Å². The second-order valence-electron chi connectivity index (χ2n) is 13.8. The second-order valence-corrected chi connectivity index (χ2v) is 14.9. The van der Waals surface area contributed by atoms with Gasteiger partial charge in [0.2, 0.25) is 11.8 Å². The summed E-state index contributed by atoms with van der Waals surface area (Å²) in [6.07, 6.45) is 10.4. The highest BCUT2D eigenvalue weighted by Gasteiger charge is 2.31. The van der Waals surface area contributed by atoms with Gasteiger partial charge in [0.1, 0.15) is 35.6 Å². The van der Waals surface area contributed by atoms with E-state index >= 15 is 0 Å². The Balaban J connectivity index is 0.000000169. The van der Waals surface area contributed by atoms with Crippen LogP contribution in [0.5, 0.6) is 11.5 Å². The molecule has 19 heteroatoms. The monoisotopic (exact) mass is 870 g/mol. The lowest BCUT2D eigenvalue weighted by molar-refractivity contribution is -0.134. The number of pyridine rings is 2. The predicted molar refractivity (Wildman–Crippen MR) is 225 cm³/mol. The molecule has 6 heterocycles. The molecule has 2 aromatic carbocycles. The van der Waals surface area contributed by atoms with Crippen molar-refractivity contribution >= 4 is 79.8 Å². The molecule has 0 bridgehead atoms. The number of fused-ring (bicyclic) bond motifs is 2. The number of carbonyl (C=O) groups excluding carboxylic acids is 2. The minimum Gasteiger partial charge on any atom is -0.495 e. The smallest absolute Gasteiger partial charge is 0.244 e. The topological polar surface area (TPSA) is 138 Å². The van der Waals surface area contributed by atoms with E-state index in [1.807, 2.05) is 40.7 Å². The van der Waals surface area contributed by atoms with Crippen molar-refractivity contribution in [2.45, 2.75) is 32.5 Å². The normalized spacial score (nSPS) is 16.6. The lowest BCUT2D eigenvalue weighted by Crippen LogP contribution is -2.55. The Labute approximate surface area is 354 Å². The molecule has 0 radical (unpaired) electrons. The van der Waals surface area contributed by atoms with Crippen LogP contribution in [0.3, 0.4) is 0 Å². The Morgan fingerprint density at radius 3 is 1.83 bits per heavy atom. The van der Waals surface area contributed by atoms with Gasteiger partial charge in [-0.3, -0.25) is 29.3 Å². The molecule has 8 rings (SSSR count). The summed E-state index contributed by atoms with van der Waals surface area (Å²) < 4.78 is 40.6. The summed E-state index contributed by atoms with van der Waals surface area (Å²) in [6.45, 7) is 7.11. The molecule has 2 atom stereocenters. The standard InChI is InChI=1S/C20H21ClFN5O2.C14H17Cl2FN2O2.C6H5N3/c1-13-11-25(17-8-19(29-2)15(21)7-16(17)22)5-6-26(13)20(28)12-27-18-10-23-4-3-14(18)9-24-27;1-9-8-18(3-4-19(9)14(20)7-15)12-6-13(21-2)10(16)5-11(12)17;1-2-7-4-6-5(1)3-8-9-6/h3-4,7-10,13H,5-6,11-12H2,1-2H3;5-6,9H,3-4,7-8H2,1-2H3;1-4H,(H,8,9)/t13-;9-;/m00./s1. The van der Waals surface area contributed by atoms with Gasteiger partial charge in [-0.1, -0.05) is 23.2 Å². The van der Waals surface area contributed by atoms with Crippen molar-refractivity contribution < 1.29 is 27.8 Å². The van der Waals surface area contributed by atoms with E-state index in [0.717, 1.165) is 21.8 Å². The van der Waals surface area contributed by atoms with Gasteiger partial charge < -0.3 is 29.1 Å². The Kier molecular flexibility index (Phi) is 14.3. The Bertz CT molecular complexity index is 2370. The molecule has 2 amide bonds. The number of hydrogen-bond acceptors (Lipinski definition) is 10. The number of carbonyl (C=O) groups is 2. The van der Waals surface area contributed by atoms with Crippen molar-refractivity contribution in [1.82, 2.24) is 39.7 Å². The van der Waals surface area contributed by atoms with Gasteiger partial charge in [0.15, 0.2) is 0 Å². The number of rotatable bonds is 7. The molecule has 0 unspecified atom stereocenters. The summed E-state index contributed by atoms with van der Waals surface area (Å²) in [7, 11) is 2.99. The van der Waals surface area contributed by atoms with Crippen LogP contribution in [0.15, 0.2) is 73.6 Å². The third-order valence-corrected chi connectivity index (χ3v) is 10.9. The molecule has 0 spiro atoms. The van der Waals surface area contributed by atoms with Crippen LogP contribution < -0.4 is 19.3 Å². The number of benzene rings is 2.